The maximum atomic E-state index is 4.07. The van der Waals surface area contributed by atoms with E-state index < -0.39 is 0 Å². The molecule has 0 spiro atoms. The predicted octanol–water partition coefficient (Wildman–Crippen LogP) is 3.39. The van der Waals surface area contributed by atoms with Gasteiger partial charge in [0.1, 0.15) is 0 Å². The molecule has 0 bridgehead atoms. The molecule has 2 aromatic heterocycles. The fourth-order valence-corrected chi connectivity index (χ4v) is 2.60. The van der Waals surface area contributed by atoms with Gasteiger partial charge in [0.25, 0.3) is 0 Å². The molecule has 0 unspecified atom stereocenters. The molecule has 2 heterocycles. The third-order valence-electron chi connectivity index (χ3n) is 3.81. The first-order valence-corrected chi connectivity index (χ1v) is 7.54. The van der Waals surface area contributed by atoms with E-state index in [2.05, 4.69) is 64.4 Å². The van der Waals surface area contributed by atoms with Crippen molar-refractivity contribution in [2.24, 2.45) is 0 Å². The third kappa shape index (κ3) is 3.31. The number of aromatic nitrogens is 2. The Kier molecular flexibility index (Phi) is 4.31. The topological polar surface area (TPSA) is 29.9 Å². The van der Waals surface area contributed by atoms with E-state index in [1.54, 1.807) is 0 Å². The van der Waals surface area contributed by atoms with Gasteiger partial charge >= 0.3 is 0 Å². The van der Waals surface area contributed by atoms with Gasteiger partial charge in [-0.25, -0.2) is 0 Å². The molecule has 1 N–H and O–H groups in total. The largest absolute Gasteiger partial charge is 0.347 e. The minimum Gasteiger partial charge on any atom is -0.347 e. The van der Waals surface area contributed by atoms with Crippen LogP contribution in [0.4, 0.5) is 0 Å². The van der Waals surface area contributed by atoms with Crippen LogP contribution in [0.25, 0.3) is 10.9 Å². The van der Waals surface area contributed by atoms with Crippen LogP contribution in [-0.4, -0.2) is 16.1 Å². The molecule has 0 aliphatic carbocycles. The van der Waals surface area contributed by atoms with Crippen LogP contribution in [0.1, 0.15) is 18.1 Å². The average molecular weight is 279 g/mol. The highest BCUT2D eigenvalue weighted by atomic mass is 14.9. The van der Waals surface area contributed by atoms with Crippen LogP contribution >= 0.6 is 0 Å². The fourth-order valence-electron chi connectivity index (χ4n) is 2.60. The smallest absolute Gasteiger partial charge is 0.0483 e. The molecule has 108 valence electrons. The molecular formula is C18H21N3. The van der Waals surface area contributed by atoms with Crippen molar-refractivity contribution < 1.29 is 0 Å². The van der Waals surface area contributed by atoms with Gasteiger partial charge in [0.2, 0.25) is 0 Å². The molecule has 3 heteroatoms. The normalized spacial score (nSPS) is 11.1. The Morgan fingerprint density at radius 3 is 2.71 bits per heavy atom. The monoisotopic (exact) mass is 279 g/mol. The second-order valence-electron chi connectivity index (χ2n) is 5.29. The van der Waals surface area contributed by atoms with Gasteiger partial charge in [-0.3, -0.25) is 4.98 Å². The predicted molar refractivity (Wildman–Crippen MR) is 87.3 cm³/mol. The Bertz CT molecular complexity index is 701. The van der Waals surface area contributed by atoms with E-state index in [9.17, 15) is 0 Å². The summed E-state index contributed by atoms with van der Waals surface area (Å²) in [5.74, 6) is 0. The summed E-state index contributed by atoms with van der Waals surface area (Å²) < 4.78 is 2.34. The lowest BCUT2D eigenvalue weighted by Crippen LogP contribution is -2.11. The molecule has 0 amide bonds. The number of aryl methyl sites for hydroxylation is 2. The lowest BCUT2D eigenvalue weighted by atomic mass is 10.1. The molecule has 0 aliphatic heterocycles. The minimum absolute atomic E-state index is 0.933. The van der Waals surface area contributed by atoms with E-state index in [0.717, 1.165) is 26.1 Å². The van der Waals surface area contributed by atoms with Crippen molar-refractivity contribution >= 4 is 10.9 Å². The highest BCUT2D eigenvalue weighted by molar-refractivity contribution is 5.80. The number of nitrogens with one attached hydrogen (secondary N) is 1. The number of hydrogen-bond donors (Lipinski definition) is 1. The summed E-state index contributed by atoms with van der Waals surface area (Å²) >= 11 is 0. The van der Waals surface area contributed by atoms with Gasteiger partial charge in [-0.05, 0) is 53.7 Å². The standard InChI is InChI=1S/C18H21N3/c1-2-19-14-16-3-4-17-8-12-21(18(17)13-16)11-7-15-5-9-20-10-6-15/h3-6,8-10,12-13,19H,2,7,11,14H2,1H3. The van der Waals surface area contributed by atoms with Gasteiger partial charge in [0.15, 0.2) is 0 Å². The summed E-state index contributed by atoms with van der Waals surface area (Å²) in [5, 5.41) is 4.69. The molecule has 0 aliphatic rings. The lowest BCUT2D eigenvalue weighted by Gasteiger charge is -2.08. The zero-order chi connectivity index (χ0) is 14.5. The fraction of sp³-hybridized carbons (Fsp3) is 0.278. The van der Waals surface area contributed by atoms with E-state index in [0.29, 0.717) is 0 Å². The van der Waals surface area contributed by atoms with E-state index in [-0.39, 0.29) is 0 Å². The number of benzene rings is 1. The highest BCUT2D eigenvalue weighted by Crippen LogP contribution is 2.18. The van der Waals surface area contributed by atoms with Crippen LogP contribution in [0.3, 0.4) is 0 Å². The number of fused-ring (bicyclic) bond motifs is 1. The molecule has 21 heavy (non-hydrogen) atoms. The number of hydrogen-bond acceptors (Lipinski definition) is 2. The second-order valence-corrected chi connectivity index (χ2v) is 5.29. The molecule has 0 saturated carbocycles. The number of pyridine rings is 1. The van der Waals surface area contributed by atoms with Crippen LogP contribution < -0.4 is 5.32 Å². The molecular weight excluding hydrogens is 258 g/mol. The number of rotatable bonds is 6. The van der Waals surface area contributed by atoms with Gasteiger partial charge in [0, 0.05) is 37.2 Å². The van der Waals surface area contributed by atoms with Gasteiger partial charge in [-0.15, -0.1) is 0 Å². The molecule has 3 aromatic rings. The first kappa shape index (κ1) is 13.8. The highest BCUT2D eigenvalue weighted by Gasteiger charge is 2.03. The zero-order valence-corrected chi connectivity index (χ0v) is 12.4. The van der Waals surface area contributed by atoms with Crippen molar-refractivity contribution in [3.63, 3.8) is 0 Å². The van der Waals surface area contributed by atoms with Crippen LogP contribution in [0, 0.1) is 0 Å². The number of nitrogens with zero attached hydrogens (tertiary/aromatic N) is 2. The Morgan fingerprint density at radius 2 is 1.90 bits per heavy atom. The van der Waals surface area contributed by atoms with Gasteiger partial charge in [-0.2, -0.15) is 0 Å². The Hall–Kier alpha value is -2.13. The van der Waals surface area contributed by atoms with Crippen molar-refractivity contribution in [3.05, 3.63) is 66.1 Å². The van der Waals surface area contributed by atoms with Crippen molar-refractivity contribution in [1.82, 2.24) is 14.9 Å². The summed E-state index contributed by atoms with van der Waals surface area (Å²) in [5.41, 5.74) is 3.99. The molecule has 3 nitrogen and oxygen atoms in total. The van der Waals surface area contributed by atoms with Crippen molar-refractivity contribution in [1.29, 1.82) is 0 Å². The Labute approximate surface area is 125 Å². The summed E-state index contributed by atoms with van der Waals surface area (Å²) in [4.78, 5) is 4.07. The van der Waals surface area contributed by atoms with Crippen molar-refractivity contribution in [3.8, 4) is 0 Å². The average Bonchev–Trinajstić information content (AvgIpc) is 2.94. The molecule has 0 saturated heterocycles. The van der Waals surface area contributed by atoms with Crippen LogP contribution in [-0.2, 0) is 19.5 Å². The molecule has 3 rings (SSSR count). The van der Waals surface area contributed by atoms with Crippen LogP contribution in [0.2, 0.25) is 0 Å². The summed E-state index contributed by atoms with van der Waals surface area (Å²) in [6.07, 6.45) is 6.93. The maximum absolute atomic E-state index is 4.07. The van der Waals surface area contributed by atoms with Gasteiger partial charge in [0.05, 0.1) is 0 Å². The maximum Gasteiger partial charge on any atom is 0.0483 e. The molecule has 1 aromatic carbocycles. The molecule has 0 fully saturated rings. The zero-order valence-electron chi connectivity index (χ0n) is 12.4. The van der Waals surface area contributed by atoms with E-state index in [1.165, 1.54) is 22.0 Å². The van der Waals surface area contributed by atoms with E-state index in [1.807, 2.05) is 12.4 Å². The SMILES string of the molecule is CCNCc1ccc2ccn(CCc3ccncc3)c2c1. The minimum atomic E-state index is 0.933. The van der Waals surface area contributed by atoms with Crippen molar-refractivity contribution in [2.75, 3.05) is 6.54 Å². The third-order valence-corrected chi connectivity index (χ3v) is 3.81. The first-order chi connectivity index (χ1) is 10.4. The van der Waals surface area contributed by atoms with Gasteiger partial charge in [-0.1, -0.05) is 19.1 Å². The van der Waals surface area contributed by atoms with E-state index >= 15 is 0 Å². The first-order valence-electron chi connectivity index (χ1n) is 7.54. The molecule has 0 atom stereocenters. The lowest BCUT2D eigenvalue weighted by molar-refractivity contribution is 0.716. The second kappa shape index (κ2) is 6.55. The van der Waals surface area contributed by atoms with Crippen LogP contribution in [0.15, 0.2) is 55.0 Å². The molecule has 0 radical (unpaired) electrons. The summed E-state index contributed by atoms with van der Waals surface area (Å²) in [7, 11) is 0. The summed E-state index contributed by atoms with van der Waals surface area (Å²) in [6.45, 7) is 5.07. The van der Waals surface area contributed by atoms with Crippen LogP contribution in [0.5, 0.6) is 0 Å². The Morgan fingerprint density at radius 1 is 1.05 bits per heavy atom. The Balaban J connectivity index is 1.78. The van der Waals surface area contributed by atoms with Crippen molar-refractivity contribution in [2.45, 2.75) is 26.4 Å². The van der Waals surface area contributed by atoms with E-state index in [4.69, 9.17) is 0 Å². The quantitative estimate of drug-likeness (QED) is 0.749. The summed E-state index contributed by atoms with van der Waals surface area (Å²) in [6, 6.07) is 13.1. The van der Waals surface area contributed by atoms with Gasteiger partial charge < -0.3 is 9.88 Å².